The number of pyridine rings is 2. The normalized spacial score (nSPS) is 12.4. The molecule has 3 N–H and O–H groups in total. The van der Waals surface area contributed by atoms with E-state index in [1.807, 2.05) is 53.9 Å². The Balaban J connectivity index is 1.62. The molecule has 6 rings (SSSR count). The second-order valence-corrected chi connectivity index (χ2v) is 8.86. The Hall–Kier alpha value is -4.50. The SMILES string of the molecule is CC(c1cc2cc(Cl)ccn2c1-c1ccccn1)n1nc(-c2cc(O)cc(F)c2)c2c(N)ncnc21. The van der Waals surface area contributed by atoms with E-state index >= 15 is 0 Å². The van der Waals surface area contributed by atoms with Gasteiger partial charge in [0.1, 0.15) is 29.4 Å². The maximum Gasteiger partial charge on any atom is 0.164 e. The minimum absolute atomic E-state index is 0.205. The molecule has 0 saturated heterocycles. The van der Waals surface area contributed by atoms with Crippen LogP contribution in [0.5, 0.6) is 5.75 Å². The summed E-state index contributed by atoms with van der Waals surface area (Å²) in [4.78, 5) is 13.2. The molecule has 8 nitrogen and oxygen atoms in total. The van der Waals surface area contributed by atoms with Crippen molar-refractivity contribution in [2.24, 2.45) is 0 Å². The number of hydrogen-bond donors (Lipinski definition) is 2. The van der Waals surface area contributed by atoms with Gasteiger partial charge in [0, 0.05) is 40.1 Å². The first-order valence-corrected chi connectivity index (χ1v) is 11.5. The molecule has 0 aliphatic carbocycles. The van der Waals surface area contributed by atoms with E-state index < -0.39 is 5.82 Å². The van der Waals surface area contributed by atoms with Gasteiger partial charge in [-0.25, -0.2) is 19.0 Å². The molecule has 5 aromatic heterocycles. The van der Waals surface area contributed by atoms with E-state index in [4.69, 9.17) is 22.4 Å². The van der Waals surface area contributed by atoms with Gasteiger partial charge in [0.25, 0.3) is 0 Å². The Kier molecular flexibility index (Phi) is 5.08. The Labute approximate surface area is 209 Å². The summed E-state index contributed by atoms with van der Waals surface area (Å²) in [5, 5.41) is 15.9. The molecular weight excluding hydrogens is 481 g/mol. The third-order valence-corrected chi connectivity index (χ3v) is 6.40. The first kappa shape index (κ1) is 22.0. The molecule has 0 saturated carbocycles. The molecule has 178 valence electrons. The second-order valence-electron chi connectivity index (χ2n) is 8.43. The lowest BCUT2D eigenvalue weighted by atomic mass is 10.1. The van der Waals surface area contributed by atoms with E-state index in [1.165, 1.54) is 18.5 Å². The minimum Gasteiger partial charge on any atom is -0.508 e. The molecule has 36 heavy (non-hydrogen) atoms. The van der Waals surface area contributed by atoms with Gasteiger partial charge < -0.3 is 15.2 Å². The molecular formula is C26H19ClFN7O. The van der Waals surface area contributed by atoms with E-state index in [-0.39, 0.29) is 17.6 Å². The second kappa shape index (κ2) is 8.31. The van der Waals surface area contributed by atoms with Crippen LogP contribution in [-0.2, 0) is 0 Å². The van der Waals surface area contributed by atoms with Crippen LogP contribution in [-0.4, -0.2) is 34.2 Å². The summed E-state index contributed by atoms with van der Waals surface area (Å²) >= 11 is 6.29. The van der Waals surface area contributed by atoms with E-state index in [2.05, 4.69) is 15.0 Å². The molecule has 5 heterocycles. The standard InChI is InChI=1S/C26H19ClFN7O/c1-14(20-12-18-10-16(27)5-7-34(18)24(20)21-4-2-3-6-30-21)35-26-22(25(29)31-13-32-26)23(33-35)15-8-17(28)11-19(36)9-15/h2-14,36H,1H3,(H2,29,31,32). The van der Waals surface area contributed by atoms with Crippen molar-refractivity contribution in [2.45, 2.75) is 13.0 Å². The highest BCUT2D eigenvalue weighted by Gasteiger charge is 2.25. The lowest BCUT2D eigenvalue weighted by molar-refractivity contribution is 0.469. The van der Waals surface area contributed by atoms with Crippen LogP contribution in [0, 0.1) is 5.82 Å². The lowest BCUT2D eigenvalue weighted by Gasteiger charge is -2.15. The smallest absolute Gasteiger partial charge is 0.164 e. The van der Waals surface area contributed by atoms with Crippen LogP contribution in [0.1, 0.15) is 18.5 Å². The molecule has 0 bridgehead atoms. The third kappa shape index (κ3) is 3.52. The first-order chi connectivity index (χ1) is 17.4. The number of fused-ring (bicyclic) bond motifs is 2. The van der Waals surface area contributed by atoms with Crippen LogP contribution >= 0.6 is 11.6 Å². The van der Waals surface area contributed by atoms with Crippen molar-refractivity contribution in [1.82, 2.24) is 29.1 Å². The molecule has 0 radical (unpaired) electrons. The predicted octanol–water partition coefficient (Wildman–Crippen LogP) is 5.50. The zero-order chi connectivity index (χ0) is 25.0. The number of nitrogens with zero attached hydrogens (tertiary/aromatic N) is 6. The third-order valence-electron chi connectivity index (χ3n) is 6.16. The van der Waals surface area contributed by atoms with Crippen molar-refractivity contribution in [3.05, 3.63) is 89.7 Å². The Morgan fingerprint density at radius 3 is 2.69 bits per heavy atom. The summed E-state index contributed by atoms with van der Waals surface area (Å²) in [6.07, 6.45) is 5.01. The Morgan fingerprint density at radius 2 is 1.92 bits per heavy atom. The summed E-state index contributed by atoms with van der Waals surface area (Å²) < 4.78 is 17.9. The fraction of sp³-hybridized carbons (Fsp3) is 0.0769. The number of hydrogen-bond acceptors (Lipinski definition) is 6. The van der Waals surface area contributed by atoms with Crippen molar-refractivity contribution in [3.63, 3.8) is 0 Å². The maximum atomic E-state index is 14.2. The van der Waals surface area contributed by atoms with Crippen LogP contribution in [0.4, 0.5) is 10.2 Å². The zero-order valence-electron chi connectivity index (χ0n) is 19.0. The number of benzene rings is 1. The summed E-state index contributed by atoms with van der Waals surface area (Å²) in [7, 11) is 0. The molecule has 1 aromatic carbocycles. The number of aromatic hydroxyl groups is 1. The number of halogens is 2. The Bertz CT molecular complexity index is 1740. The number of phenols is 1. The number of nitrogen functional groups attached to an aromatic ring is 1. The molecule has 0 aliphatic heterocycles. The van der Waals surface area contributed by atoms with E-state index in [9.17, 15) is 9.50 Å². The van der Waals surface area contributed by atoms with Crippen molar-refractivity contribution in [1.29, 1.82) is 0 Å². The number of nitrogens with two attached hydrogens (primary N) is 1. The summed E-state index contributed by atoms with van der Waals surface area (Å²) in [6.45, 7) is 1.99. The van der Waals surface area contributed by atoms with Crippen molar-refractivity contribution >= 4 is 34.0 Å². The van der Waals surface area contributed by atoms with Crippen molar-refractivity contribution < 1.29 is 9.50 Å². The molecule has 1 unspecified atom stereocenters. The van der Waals surface area contributed by atoms with Gasteiger partial charge in [-0.05, 0) is 49.4 Å². The van der Waals surface area contributed by atoms with Crippen LogP contribution in [0.3, 0.4) is 0 Å². The van der Waals surface area contributed by atoms with Gasteiger partial charge in [-0.3, -0.25) is 4.98 Å². The van der Waals surface area contributed by atoms with Gasteiger partial charge in [0.05, 0.1) is 22.8 Å². The molecule has 1 atom stereocenters. The highest BCUT2D eigenvalue weighted by atomic mass is 35.5. The van der Waals surface area contributed by atoms with Crippen LogP contribution < -0.4 is 5.73 Å². The lowest BCUT2D eigenvalue weighted by Crippen LogP contribution is -2.10. The predicted molar refractivity (Wildman–Crippen MR) is 136 cm³/mol. The monoisotopic (exact) mass is 499 g/mol. The van der Waals surface area contributed by atoms with Crippen LogP contribution in [0.25, 0.3) is 39.2 Å². The van der Waals surface area contributed by atoms with Gasteiger partial charge in [0.2, 0.25) is 0 Å². The minimum atomic E-state index is -0.593. The maximum absolute atomic E-state index is 14.2. The van der Waals surface area contributed by atoms with Crippen LogP contribution in [0.2, 0.25) is 5.02 Å². The van der Waals surface area contributed by atoms with Gasteiger partial charge in [-0.15, -0.1) is 0 Å². The van der Waals surface area contributed by atoms with Crippen molar-refractivity contribution in [2.75, 3.05) is 5.73 Å². The Morgan fingerprint density at radius 1 is 1.06 bits per heavy atom. The fourth-order valence-electron chi connectivity index (χ4n) is 4.58. The quantitative estimate of drug-likeness (QED) is 0.332. The van der Waals surface area contributed by atoms with Crippen molar-refractivity contribution in [3.8, 4) is 28.4 Å². The van der Waals surface area contributed by atoms with Crippen LogP contribution in [0.15, 0.2) is 73.3 Å². The van der Waals surface area contributed by atoms with Gasteiger partial charge in [0.15, 0.2) is 5.65 Å². The highest BCUT2D eigenvalue weighted by Crippen LogP contribution is 2.38. The zero-order valence-corrected chi connectivity index (χ0v) is 19.7. The molecule has 6 aromatic rings. The van der Waals surface area contributed by atoms with E-state index in [0.717, 1.165) is 28.5 Å². The number of phenolic OH excluding ortho intramolecular Hbond substituents is 1. The molecule has 0 spiro atoms. The topological polar surface area (TPSA) is 107 Å². The number of anilines is 1. The number of aromatic nitrogens is 6. The molecule has 0 amide bonds. The van der Waals surface area contributed by atoms with Gasteiger partial charge in [-0.1, -0.05) is 17.7 Å². The summed E-state index contributed by atoms with van der Waals surface area (Å²) in [5.41, 5.74) is 10.9. The number of rotatable bonds is 4. The molecule has 0 aliphatic rings. The van der Waals surface area contributed by atoms with E-state index in [0.29, 0.717) is 27.3 Å². The van der Waals surface area contributed by atoms with Gasteiger partial charge in [-0.2, -0.15) is 5.10 Å². The average Bonchev–Trinajstić information content (AvgIpc) is 3.43. The fourth-order valence-corrected chi connectivity index (χ4v) is 4.74. The van der Waals surface area contributed by atoms with Gasteiger partial charge >= 0.3 is 0 Å². The average molecular weight is 500 g/mol. The van der Waals surface area contributed by atoms with E-state index in [1.54, 1.807) is 10.9 Å². The highest BCUT2D eigenvalue weighted by molar-refractivity contribution is 6.30. The summed E-state index contributed by atoms with van der Waals surface area (Å²) in [6, 6.07) is 14.9. The molecule has 0 fully saturated rings. The molecule has 10 heteroatoms. The first-order valence-electron chi connectivity index (χ1n) is 11.1. The largest absolute Gasteiger partial charge is 0.508 e. The summed E-state index contributed by atoms with van der Waals surface area (Å²) in [5.74, 6) is -0.607.